The summed E-state index contributed by atoms with van der Waals surface area (Å²) in [6.45, 7) is 2.09. The molecule has 6 aromatic rings. The molecule has 158 valence electrons. The van der Waals surface area contributed by atoms with E-state index in [0.29, 0.717) is 5.65 Å². The smallest absolute Gasteiger partial charge is 0.250 e. The molecule has 6 rings (SSSR count). The molecule has 0 bridgehead atoms. The fourth-order valence-corrected chi connectivity index (χ4v) is 5.12. The van der Waals surface area contributed by atoms with Crippen LogP contribution in [0.3, 0.4) is 0 Å². The minimum absolute atomic E-state index is 0.160. The maximum absolute atomic E-state index is 12.5. The summed E-state index contributed by atoms with van der Waals surface area (Å²) in [6, 6.07) is 28.3. The lowest BCUT2D eigenvalue weighted by atomic mass is 9.96. The lowest BCUT2D eigenvalue weighted by Gasteiger charge is -2.13. The van der Waals surface area contributed by atoms with Crippen LogP contribution in [0.5, 0.6) is 0 Å². The van der Waals surface area contributed by atoms with Crippen LogP contribution in [0.1, 0.15) is 4.88 Å². The highest BCUT2D eigenvalue weighted by atomic mass is 32.1. The largest absolute Gasteiger partial charge is 0.307 e. The van der Waals surface area contributed by atoms with E-state index in [1.165, 1.54) is 4.88 Å². The molecule has 4 heterocycles. The van der Waals surface area contributed by atoms with E-state index in [-0.39, 0.29) is 5.56 Å². The van der Waals surface area contributed by atoms with Gasteiger partial charge < -0.3 is 4.98 Å². The van der Waals surface area contributed by atoms with E-state index >= 15 is 0 Å². The molecule has 0 radical (unpaired) electrons. The molecule has 0 aliphatic heterocycles. The molecule has 5 heteroatoms. The molecule has 33 heavy (non-hydrogen) atoms. The first kappa shape index (κ1) is 19.6. The van der Waals surface area contributed by atoms with Crippen LogP contribution in [0.15, 0.2) is 95.9 Å². The van der Waals surface area contributed by atoms with Crippen LogP contribution in [-0.4, -0.2) is 15.0 Å². The van der Waals surface area contributed by atoms with E-state index in [1.807, 2.05) is 48.7 Å². The van der Waals surface area contributed by atoms with E-state index in [4.69, 9.17) is 4.98 Å². The maximum Gasteiger partial charge on any atom is 0.250 e. The summed E-state index contributed by atoms with van der Waals surface area (Å²) >= 11 is 1.70. The van der Waals surface area contributed by atoms with Crippen molar-refractivity contribution in [2.24, 2.45) is 0 Å². The molecule has 0 amide bonds. The number of aromatic amines is 1. The zero-order chi connectivity index (χ0) is 22.4. The Morgan fingerprint density at radius 1 is 0.818 bits per heavy atom. The standard InChI is InChI=1S/C28H19N3OS/c1-17-9-12-25(33-17)27-22(19-10-11-24-20(14-19)8-5-13-29-24)15-23-21(18-6-3-2-4-7-18)16-26(32)30-28(23)31-27/h2-16H,1H3,(H,30,31,32). The molecule has 0 saturated carbocycles. The Balaban J connectivity index is 1.69. The predicted octanol–water partition coefficient (Wildman–Crippen LogP) is 6.84. The summed E-state index contributed by atoms with van der Waals surface area (Å²) in [6.07, 6.45) is 1.81. The van der Waals surface area contributed by atoms with Crippen molar-refractivity contribution in [1.29, 1.82) is 0 Å². The monoisotopic (exact) mass is 445 g/mol. The molecule has 0 aliphatic rings. The molecular weight excluding hydrogens is 426 g/mol. The second-order valence-corrected chi connectivity index (χ2v) is 9.30. The number of aromatic nitrogens is 3. The van der Waals surface area contributed by atoms with Crippen LogP contribution in [0, 0.1) is 6.92 Å². The molecular formula is C28H19N3OS. The van der Waals surface area contributed by atoms with Crippen LogP contribution in [-0.2, 0) is 0 Å². The van der Waals surface area contributed by atoms with E-state index < -0.39 is 0 Å². The molecule has 2 aromatic carbocycles. The van der Waals surface area contributed by atoms with Crippen LogP contribution in [0.4, 0.5) is 0 Å². The number of pyridine rings is 3. The SMILES string of the molecule is Cc1ccc(-c2nc3[nH]c(=O)cc(-c4ccccc4)c3cc2-c2ccc3ncccc3c2)s1. The molecule has 0 fully saturated rings. The molecule has 0 saturated heterocycles. The van der Waals surface area contributed by atoms with Gasteiger partial charge in [-0.1, -0.05) is 42.5 Å². The van der Waals surface area contributed by atoms with Gasteiger partial charge in [0.25, 0.3) is 0 Å². The molecule has 4 aromatic heterocycles. The minimum Gasteiger partial charge on any atom is -0.307 e. The zero-order valence-electron chi connectivity index (χ0n) is 17.9. The summed E-state index contributed by atoms with van der Waals surface area (Å²) in [5.41, 5.74) is 6.21. The summed E-state index contributed by atoms with van der Waals surface area (Å²) in [5, 5.41) is 1.99. The molecule has 4 nitrogen and oxygen atoms in total. The Labute approximate surface area is 194 Å². The number of H-pyrrole nitrogens is 1. The lowest BCUT2D eigenvalue weighted by Crippen LogP contribution is -2.07. The quantitative estimate of drug-likeness (QED) is 0.324. The normalized spacial score (nSPS) is 11.3. The van der Waals surface area contributed by atoms with E-state index in [2.05, 4.69) is 53.3 Å². The Morgan fingerprint density at radius 3 is 2.52 bits per heavy atom. The number of nitrogens with zero attached hydrogens (tertiary/aromatic N) is 2. The number of aryl methyl sites for hydroxylation is 1. The average molecular weight is 446 g/mol. The number of nitrogens with one attached hydrogen (secondary N) is 1. The van der Waals surface area contributed by atoms with Crippen molar-refractivity contribution in [3.05, 3.63) is 106 Å². The third-order valence-electron chi connectivity index (χ3n) is 5.80. The second-order valence-electron chi connectivity index (χ2n) is 8.02. The highest BCUT2D eigenvalue weighted by Gasteiger charge is 2.16. The maximum atomic E-state index is 12.5. The number of benzene rings is 2. The van der Waals surface area contributed by atoms with Gasteiger partial charge in [0.05, 0.1) is 16.1 Å². The van der Waals surface area contributed by atoms with Gasteiger partial charge in [-0.2, -0.15) is 0 Å². The van der Waals surface area contributed by atoms with Crippen molar-refractivity contribution >= 4 is 33.3 Å². The van der Waals surface area contributed by atoms with Crippen molar-refractivity contribution in [3.63, 3.8) is 0 Å². The number of rotatable bonds is 3. The highest BCUT2D eigenvalue weighted by molar-refractivity contribution is 7.15. The predicted molar refractivity (Wildman–Crippen MR) is 137 cm³/mol. The average Bonchev–Trinajstić information content (AvgIpc) is 3.29. The zero-order valence-corrected chi connectivity index (χ0v) is 18.7. The van der Waals surface area contributed by atoms with Gasteiger partial charge in [-0.25, -0.2) is 4.98 Å². The molecule has 0 atom stereocenters. The summed E-state index contributed by atoms with van der Waals surface area (Å²) in [5.74, 6) is 0. The first-order valence-corrected chi connectivity index (χ1v) is 11.5. The second kappa shape index (κ2) is 7.80. The van der Waals surface area contributed by atoms with Gasteiger partial charge in [-0.05, 0) is 60.0 Å². The van der Waals surface area contributed by atoms with E-state index in [9.17, 15) is 4.79 Å². The molecule has 1 N–H and O–H groups in total. The third-order valence-corrected chi connectivity index (χ3v) is 6.81. The lowest BCUT2D eigenvalue weighted by molar-refractivity contribution is 1.24. The summed E-state index contributed by atoms with van der Waals surface area (Å²) < 4.78 is 0. The molecule has 0 unspecified atom stereocenters. The Morgan fingerprint density at radius 2 is 1.70 bits per heavy atom. The van der Waals surface area contributed by atoms with Gasteiger partial charge >= 0.3 is 0 Å². The Hall–Kier alpha value is -4.09. The van der Waals surface area contributed by atoms with Crippen LogP contribution >= 0.6 is 11.3 Å². The van der Waals surface area contributed by atoms with Crippen LogP contribution < -0.4 is 5.56 Å². The van der Waals surface area contributed by atoms with Gasteiger partial charge in [0.1, 0.15) is 5.65 Å². The summed E-state index contributed by atoms with van der Waals surface area (Å²) in [4.78, 5) is 27.2. The van der Waals surface area contributed by atoms with Crippen molar-refractivity contribution in [2.45, 2.75) is 6.92 Å². The number of fused-ring (bicyclic) bond motifs is 2. The van der Waals surface area contributed by atoms with Crippen molar-refractivity contribution < 1.29 is 0 Å². The minimum atomic E-state index is -0.160. The fraction of sp³-hybridized carbons (Fsp3) is 0.0357. The van der Waals surface area contributed by atoms with Gasteiger partial charge in [0.2, 0.25) is 5.56 Å². The Bertz CT molecular complexity index is 1700. The van der Waals surface area contributed by atoms with Crippen molar-refractivity contribution in [1.82, 2.24) is 15.0 Å². The third kappa shape index (κ3) is 3.52. The van der Waals surface area contributed by atoms with Crippen molar-refractivity contribution in [3.8, 4) is 32.8 Å². The van der Waals surface area contributed by atoms with Gasteiger partial charge in [0, 0.05) is 33.5 Å². The van der Waals surface area contributed by atoms with Crippen molar-refractivity contribution in [2.75, 3.05) is 0 Å². The van der Waals surface area contributed by atoms with E-state index in [0.717, 1.165) is 49.1 Å². The van der Waals surface area contributed by atoms with E-state index in [1.54, 1.807) is 17.4 Å². The molecule has 0 spiro atoms. The first-order valence-electron chi connectivity index (χ1n) is 10.7. The first-order chi connectivity index (χ1) is 16.2. The topological polar surface area (TPSA) is 58.6 Å². The number of thiophene rings is 1. The van der Waals surface area contributed by atoms with Gasteiger partial charge in [-0.15, -0.1) is 11.3 Å². The van der Waals surface area contributed by atoms with Gasteiger partial charge in [0.15, 0.2) is 0 Å². The number of hydrogen-bond donors (Lipinski definition) is 1. The Kier molecular flexibility index (Phi) is 4.63. The van der Waals surface area contributed by atoms with Crippen LogP contribution in [0.25, 0.3) is 54.8 Å². The number of hydrogen-bond acceptors (Lipinski definition) is 4. The highest BCUT2D eigenvalue weighted by Crippen LogP contribution is 2.39. The van der Waals surface area contributed by atoms with Crippen LogP contribution in [0.2, 0.25) is 0 Å². The fourth-order valence-electron chi connectivity index (χ4n) is 4.24. The molecule has 0 aliphatic carbocycles. The van der Waals surface area contributed by atoms with Gasteiger partial charge in [-0.3, -0.25) is 9.78 Å². The summed E-state index contributed by atoms with van der Waals surface area (Å²) in [7, 11) is 0.